The molecule has 1 unspecified atom stereocenters. The van der Waals surface area contributed by atoms with E-state index in [2.05, 4.69) is 42.7 Å². The van der Waals surface area contributed by atoms with Gasteiger partial charge in [0.25, 0.3) is 0 Å². The van der Waals surface area contributed by atoms with Crippen molar-refractivity contribution in [2.24, 2.45) is 5.73 Å². The van der Waals surface area contributed by atoms with Gasteiger partial charge in [-0.3, -0.25) is 0 Å². The van der Waals surface area contributed by atoms with Gasteiger partial charge in [-0.15, -0.1) is 0 Å². The smallest absolute Gasteiger partial charge is 0.0477 e. The molecule has 0 fully saturated rings. The lowest BCUT2D eigenvalue weighted by Gasteiger charge is -2.16. The van der Waals surface area contributed by atoms with E-state index in [0.717, 1.165) is 6.54 Å². The van der Waals surface area contributed by atoms with Gasteiger partial charge in [-0.05, 0) is 31.5 Å². The summed E-state index contributed by atoms with van der Waals surface area (Å²) in [6.07, 6.45) is 0. The Balaban J connectivity index is 2.17. The molecule has 0 amide bonds. The van der Waals surface area contributed by atoms with E-state index in [1.54, 1.807) is 0 Å². The van der Waals surface area contributed by atoms with Gasteiger partial charge >= 0.3 is 0 Å². The number of rotatable bonds is 3. The molecule has 0 aliphatic rings. The van der Waals surface area contributed by atoms with Gasteiger partial charge < -0.3 is 10.3 Å². The molecule has 2 aromatic rings. The topological polar surface area (TPSA) is 30.9 Å². The SMILES string of the molecule is Cc1ccc(C)n1CC(N)c1ccccc1. The lowest BCUT2D eigenvalue weighted by Crippen LogP contribution is -2.18. The Hall–Kier alpha value is -1.54. The van der Waals surface area contributed by atoms with Crippen molar-refractivity contribution in [3.8, 4) is 0 Å². The standard InChI is InChI=1S/C14H18N2/c1-11-8-9-12(2)16(11)10-14(15)13-6-4-3-5-7-13/h3-9,14H,10,15H2,1-2H3. The van der Waals surface area contributed by atoms with Crippen molar-refractivity contribution in [2.75, 3.05) is 0 Å². The summed E-state index contributed by atoms with van der Waals surface area (Å²) in [4.78, 5) is 0. The van der Waals surface area contributed by atoms with Crippen LogP contribution in [0.15, 0.2) is 42.5 Å². The molecule has 1 aromatic carbocycles. The molecule has 0 spiro atoms. The first-order valence-electron chi connectivity index (χ1n) is 5.62. The predicted molar refractivity (Wildman–Crippen MR) is 67.3 cm³/mol. The van der Waals surface area contributed by atoms with E-state index < -0.39 is 0 Å². The number of hydrogen-bond donors (Lipinski definition) is 1. The fourth-order valence-electron chi connectivity index (χ4n) is 1.99. The van der Waals surface area contributed by atoms with Crippen LogP contribution in [0.25, 0.3) is 0 Å². The van der Waals surface area contributed by atoms with Crippen LogP contribution < -0.4 is 5.73 Å². The molecule has 0 aliphatic carbocycles. The molecule has 1 heterocycles. The number of aryl methyl sites for hydroxylation is 2. The summed E-state index contributed by atoms with van der Waals surface area (Å²) in [6.45, 7) is 5.07. The first kappa shape index (κ1) is 11.0. The summed E-state index contributed by atoms with van der Waals surface area (Å²) in [7, 11) is 0. The Labute approximate surface area is 96.7 Å². The largest absolute Gasteiger partial charge is 0.347 e. The number of nitrogens with two attached hydrogens (primary N) is 1. The predicted octanol–water partition coefficient (Wildman–Crippen LogP) is 2.80. The molecule has 2 rings (SSSR count). The highest BCUT2D eigenvalue weighted by Gasteiger charge is 2.08. The molecule has 2 N–H and O–H groups in total. The maximum atomic E-state index is 6.20. The molecular weight excluding hydrogens is 196 g/mol. The normalized spacial score (nSPS) is 12.7. The molecule has 0 bridgehead atoms. The van der Waals surface area contributed by atoms with Crippen molar-refractivity contribution < 1.29 is 0 Å². The summed E-state index contributed by atoms with van der Waals surface area (Å²) in [5.41, 5.74) is 9.93. The third-order valence-corrected chi connectivity index (χ3v) is 3.02. The number of nitrogens with zero attached hydrogens (tertiary/aromatic N) is 1. The van der Waals surface area contributed by atoms with E-state index in [4.69, 9.17) is 5.73 Å². The number of aromatic nitrogens is 1. The highest BCUT2D eigenvalue weighted by molar-refractivity contribution is 5.20. The average Bonchev–Trinajstić information content (AvgIpc) is 2.62. The minimum absolute atomic E-state index is 0.0611. The van der Waals surface area contributed by atoms with Crippen molar-refractivity contribution in [3.63, 3.8) is 0 Å². The van der Waals surface area contributed by atoms with Gasteiger partial charge in [-0.25, -0.2) is 0 Å². The van der Waals surface area contributed by atoms with Crippen LogP contribution >= 0.6 is 0 Å². The van der Waals surface area contributed by atoms with Crippen molar-refractivity contribution in [2.45, 2.75) is 26.4 Å². The molecule has 84 valence electrons. The Morgan fingerprint density at radius 2 is 1.56 bits per heavy atom. The lowest BCUT2D eigenvalue weighted by atomic mass is 10.1. The van der Waals surface area contributed by atoms with E-state index in [-0.39, 0.29) is 6.04 Å². The fourth-order valence-corrected chi connectivity index (χ4v) is 1.99. The van der Waals surface area contributed by atoms with Crippen LogP contribution in [-0.2, 0) is 6.54 Å². The number of benzene rings is 1. The van der Waals surface area contributed by atoms with Crippen LogP contribution in [0.5, 0.6) is 0 Å². The molecule has 2 nitrogen and oxygen atoms in total. The minimum Gasteiger partial charge on any atom is -0.347 e. The maximum Gasteiger partial charge on any atom is 0.0477 e. The minimum atomic E-state index is 0.0611. The van der Waals surface area contributed by atoms with Crippen molar-refractivity contribution >= 4 is 0 Å². The fraction of sp³-hybridized carbons (Fsp3) is 0.286. The lowest BCUT2D eigenvalue weighted by molar-refractivity contribution is 0.559. The van der Waals surface area contributed by atoms with Gasteiger partial charge in [0.2, 0.25) is 0 Å². The molecule has 2 heteroatoms. The van der Waals surface area contributed by atoms with Gasteiger partial charge in [0.15, 0.2) is 0 Å². The summed E-state index contributed by atoms with van der Waals surface area (Å²) >= 11 is 0. The van der Waals surface area contributed by atoms with E-state index in [0.29, 0.717) is 0 Å². The van der Waals surface area contributed by atoms with Crippen LogP contribution in [0.1, 0.15) is 23.0 Å². The molecule has 16 heavy (non-hydrogen) atoms. The Morgan fingerprint density at radius 3 is 2.12 bits per heavy atom. The van der Waals surface area contributed by atoms with Crippen LogP contribution in [0.4, 0.5) is 0 Å². The molecule has 1 atom stereocenters. The van der Waals surface area contributed by atoms with Crippen LogP contribution in [-0.4, -0.2) is 4.57 Å². The van der Waals surface area contributed by atoms with Crippen LogP contribution in [0.2, 0.25) is 0 Å². The summed E-state index contributed by atoms with van der Waals surface area (Å²) in [5, 5.41) is 0. The zero-order valence-electron chi connectivity index (χ0n) is 9.85. The second kappa shape index (κ2) is 4.54. The van der Waals surface area contributed by atoms with E-state index in [1.165, 1.54) is 17.0 Å². The van der Waals surface area contributed by atoms with Crippen molar-refractivity contribution in [1.82, 2.24) is 4.57 Å². The van der Waals surface area contributed by atoms with E-state index in [9.17, 15) is 0 Å². The Bertz CT molecular complexity index is 437. The summed E-state index contributed by atoms with van der Waals surface area (Å²) < 4.78 is 2.26. The molecule has 0 aliphatic heterocycles. The Morgan fingerprint density at radius 1 is 1.00 bits per heavy atom. The first-order chi connectivity index (χ1) is 7.68. The second-order valence-electron chi connectivity index (χ2n) is 4.24. The third kappa shape index (κ3) is 2.17. The Kier molecular flexibility index (Phi) is 3.11. The summed E-state index contributed by atoms with van der Waals surface area (Å²) in [5.74, 6) is 0. The van der Waals surface area contributed by atoms with E-state index >= 15 is 0 Å². The monoisotopic (exact) mass is 214 g/mol. The number of hydrogen-bond acceptors (Lipinski definition) is 1. The molecule has 0 radical (unpaired) electrons. The molecule has 0 saturated heterocycles. The van der Waals surface area contributed by atoms with Gasteiger partial charge in [0, 0.05) is 24.0 Å². The van der Waals surface area contributed by atoms with Gasteiger partial charge in [0.1, 0.15) is 0 Å². The zero-order chi connectivity index (χ0) is 11.5. The van der Waals surface area contributed by atoms with Crippen molar-refractivity contribution in [3.05, 3.63) is 59.4 Å². The zero-order valence-corrected chi connectivity index (χ0v) is 9.85. The summed E-state index contributed by atoms with van der Waals surface area (Å²) in [6, 6.07) is 14.6. The maximum absolute atomic E-state index is 6.20. The van der Waals surface area contributed by atoms with Gasteiger partial charge in [0.05, 0.1) is 0 Å². The molecular formula is C14H18N2. The van der Waals surface area contributed by atoms with Crippen LogP contribution in [0.3, 0.4) is 0 Å². The first-order valence-corrected chi connectivity index (χ1v) is 5.62. The third-order valence-electron chi connectivity index (χ3n) is 3.02. The average molecular weight is 214 g/mol. The van der Waals surface area contributed by atoms with Gasteiger partial charge in [-0.1, -0.05) is 30.3 Å². The highest BCUT2D eigenvalue weighted by atomic mass is 15.0. The molecule has 0 saturated carbocycles. The second-order valence-corrected chi connectivity index (χ2v) is 4.24. The van der Waals surface area contributed by atoms with Crippen LogP contribution in [0, 0.1) is 13.8 Å². The van der Waals surface area contributed by atoms with Gasteiger partial charge in [-0.2, -0.15) is 0 Å². The van der Waals surface area contributed by atoms with Crippen molar-refractivity contribution in [1.29, 1.82) is 0 Å². The quantitative estimate of drug-likeness (QED) is 0.836. The molecule has 1 aromatic heterocycles. The highest BCUT2D eigenvalue weighted by Crippen LogP contribution is 2.15. The van der Waals surface area contributed by atoms with E-state index in [1.807, 2.05) is 18.2 Å².